The van der Waals surface area contributed by atoms with Crippen LogP contribution in [0.3, 0.4) is 0 Å². The first-order valence-electron chi connectivity index (χ1n) is 3.53. The highest BCUT2D eigenvalue weighted by Crippen LogP contribution is 2.09. The monoisotopic (exact) mass is 198 g/mol. The van der Waals surface area contributed by atoms with E-state index < -0.39 is 11.7 Å². The Morgan fingerprint density at radius 1 is 1.46 bits per heavy atom. The number of Topliss-reactive ketones (excluding diaryl/α,β-unsaturated/α-hetero) is 1. The van der Waals surface area contributed by atoms with Gasteiger partial charge in [0.2, 0.25) is 5.78 Å². The van der Waals surface area contributed by atoms with Gasteiger partial charge in [0, 0.05) is 13.1 Å². The molecule has 0 saturated carbocycles. The van der Waals surface area contributed by atoms with Gasteiger partial charge in [-0.3, -0.25) is 9.59 Å². The molecule has 0 saturated heterocycles. The molecule has 0 atom stereocenters. The molecule has 5 heteroatoms. The standard InChI is InChI=1S/C8H7ClN2O2/c1-5(12)8(13)11-7-3-2-6(9)4-10-7/h2-4H,1H3,(H,10,11,13). The van der Waals surface area contributed by atoms with Crippen LogP contribution < -0.4 is 5.32 Å². The molecule has 4 nitrogen and oxygen atoms in total. The summed E-state index contributed by atoms with van der Waals surface area (Å²) in [6, 6.07) is 3.09. The third kappa shape index (κ3) is 2.83. The summed E-state index contributed by atoms with van der Waals surface area (Å²) in [7, 11) is 0. The number of hydrogen-bond acceptors (Lipinski definition) is 3. The maximum atomic E-state index is 10.9. The lowest BCUT2D eigenvalue weighted by molar-refractivity contribution is -0.133. The van der Waals surface area contributed by atoms with Crippen molar-refractivity contribution in [1.29, 1.82) is 0 Å². The molecule has 1 amide bonds. The van der Waals surface area contributed by atoms with E-state index in [2.05, 4.69) is 10.3 Å². The molecule has 13 heavy (non-hydrogen) atoms. The number of pyridine rings is 1. The number of hydrogen-bond donors (Lipinski definition) is 1. The van der Waals surface area contributed by atoms with E-state index in [1.807, 2.05) is 0 Å². The van der Waals surface area contributed by atoms with Crippen molar-refractivity contribution in [3.8, 4) is 0 Å². The van der Waals surface area contributed by atoms with E-state index in [1.165, 1.54) is 19.2 Å². The quantitative estimate of drug-likeness (QED) is 0.728. The van der Waals surface area contributed by atoms with E-state index in [9.17, 15) is 9.59 Å². The first kappa shape index (κ1) is 9.67. The van der Waals surface area contributed by atoms with E-state index in [0.717, 1.165) is 0 Å². The molecule has 1 heterocycles. The van der Waals surface area contributed by atoms with Gasteiger partial charge in [0.1, 0.15) is 5.82 Å². The van der Waals surface area contributed by atoms with E-state index in [-0.39, 0.29) is 0 Å². The maximum absolute atomic E-state index is 10.9. The second kappa shape index (κ2) is 4.00. The fraction of sp³-hybridized carbons (Fsp3) is 0.125. The van der Waals surface area contributed by atoms with Crippen LogP contribution >= 0.6 is 11.6 Å². The average molecular weight is 199 g/mol. The Hall–Kier alpha value is -1.42. The summed E-state index contributed by atoms with van der Waals surface area (Å²) in [6.07, 6.45) is 1.39. The van der Waals surface area contributed by atoms with Crippen molar-refractivity contribution in [2.45, 2.75) is 6.92 Å². The maximum Gasteiger partial charge on any atom is 0.292 e. The van der Waals surface area contributed by atoms with Gasteiger partial charge in [0.15, 0.2) is 0 Å². The van der Waals surface area contributed by atoms with Gasteiger partial charge in [0.25, 0.3) is 5.91 Å². The number of aromatic nitrogens is 1. The van der Waals surface area contributed by atoms with Crippen LogP contribution in [0, 0.1) is 0 Å². The van der Waals surface area contributed by atoms with Crippen molar-refractivity contribution >= 4 is 29.1 Å². The van der Waals surface area contributed by atoms with Crippen LogP contribution in [0.25, 0.3) is 0 Å². The van der Waals surface area contributed by atoms with Crippen LogP contribution in [0.5, 0.6) is 0 Å². The fourth-order valence-electron chi connectivity index (χ4n) is 0.654. The summed E-state index contributed by atoms with van der Waals surface area (Å²) >= 11 is 5.57. The summed E-state index contributed by atoms with van der Waals surface area (Å²) in [5.74, 6) is -0.934. The third-order valence-corrected chi connectivity index (χ3v) is 1.51. The van der Waals surface area contributed by atoms with Crippen LogP contribution in [0.15, 0.2) is 18.3 Å². The summed E-state index contributed by atoms with van der Waals surface area (Å²) in [6.45, 7) is 1.19. The molecule has 68 valence electrons. The number of halogens is 1. The average Bonchev–Trinajstić information content (AvgIpc) is 2.08. The van der Waals surface area contributed by atoms with Crippen molar-refractivity contribution in [2.24, 2.45) is 0 Å². The molecule has 0 aliphatic carbocycles. The van der Waals surface area contributed by atoms with Crippen molar-refractivity contribution in [2.75, 3.05) is 5.32 Å². The smallest absolute Gasteiger partial charge is 0.292 e. The molecule has 0 aromatic carbocycles. The molecule has 0 unspecified atom stereocenters. The van der Waals surface area contributed by atoms with Gasteiger partial charge < -0.3 is 5.32 Å². The molecule has 0 aliphatic rings. The van der Waals surface area contributed by atoms with Crippen LogP contribution in [0.1, 0.15) is 6.92 Å². The van der Waals surface area contributed by atoms with E-state index >= 15 is 0 Å². The minimum absolute atomic E-state index is 0.310. The lowest BCUT2D eigenvalue weighted by Gasteiger charge is -2.00. The van der Waals surface area contributed by atoms with Crippen LogP contribution in [0.2, 0.25) is 5.02 Å². The van der Waals surface area contributed by atoms with E-state index in [4.69, 9.17) is 11.6 Å². The number of anilines is 1. The molecule has 0 radical (unpaired) electrons. The van der Waals surface area contributed by atoms with Gasteiger partial charge >= 0.3 is 0 Å². The second-order valence-electron chi connectivity index (χ2n) is 2.37. The van der Waals surface area contributed by atoms with Gasteiger partial charge in [-0.15, -0.1) is 0 Å². The SMILES string of the molecule is CC(=O)C(=O)Nc1ccc(Cl)cn1. The summed E-state index contributed by atoms with van der Waals surface area (Å²) < 4.78 is 0. The first-order valence-corrected chi connectivity index (χ1v) is 3.91. The Morgan fingerprint density at radius 2 is 2.15 bits per heavy atom. The molecule has 1 aromatic heterocycles. The van der Waals surface area contributed by atoms with Crippen LogP contribution in [-0.4, -0.2) is 16.7 Å². The van der Waals surface area contributed by atoms with Crippen molar-refractivity contribution in [3.05, 3.63) is 23.4 Å². The van der Waals surface area contributed by atoms with E-state index in [1.54, 1.807) is 6.07 Å². The van der Waals surface area contributed by atoms with Crippen molar-refractivity contribution in [3.63, 3.8) is 0 Å². The normalized spacial score (nSPS) is 9.38. The molecule has 0 bridgehead atoms. The van der Waals surface area contributed by atoms with Crippen molar-refractivity contribution in [1.82, 2.24) is 4.98 Å². The number of carbonyl (C=O) groups is 2. The zero-order valence-electron chi connectivity index (χ0n) is 6.87. The summed E-state index contributed by atoms with van der Waals surface area (Å²) in [4.78, 5) is 25.2. The van der Waals surface area contributed by atoms with Crippen molar-refractivity contribution < 1.29 is 9.59 Å². The molecule has 1 rings (SSSR count). The Balaban J connectivity index is 2.70. The Kier molecular flexibility index (Phi) is 2.97. The predicted molar refractivity (Wildman–Crippen MR) is 48.6 cm³/mol. The number of ketones is 1. The van der Waals surface area contributed by atoms with Gasteiger partial charge in [-0.25, -0.2) is 4.98 Å². The molecular weight excluding hydrogens is 192 g/mol. The fourth-order valence-corrected chi connectivity index (χ4v) is 0.766. The largest absolute Gasteiger partial charge is 0.304 e. The number of carbonyl (C=O) groups excluding carboxylic acids is 2. The molecule has 0 aliphatic heterocycles. The predicted octanol–water partition coefficient (Wildman–Crippen LogP) is 1.26. The molecule has 0 fully saturated rings. The number of nitrogens with one attached hydrogen (secondary N) is 1. The highest BCUT2D eigenvalue weighted by Gasteiger charge is 2.07. The van der Waals surface area contributed by atoms with E-state index in [0.29, 0.717) is 10.8 Å². The van der Waals surface area contributed by atoms with Crippen LogP contribution in [-0.2, 0) is 9.59 Å². The Morgan fingerprint density at radius 3 is 2.62 bits per heavy atom. The molecule has 0 spiro atoms. The lowest BCUT2D eigenvalue weighted by Crippen LogP contribution is -2.20. The summed E-state index contributed by atoms with van der Waals surface area (Å²) in [5.41, 5.74) is 0. The highest BCUT2D eigenvalue weighted by molar-refractivity contribution is 6.39. The first-order chi connectivity index (χ1) is 6.09. The topological polar surface area (TPSA) is 59.1 Å². The Bertz CT molecular complexity index is 335. The second-order valence-corrected chi connectivity index (χ2v) is 2.81. The van der Waals surface area contributed by atoms with Gasteiger partial charge in [0.05, 0.1) is 5.02 Å². The van der Waals surface area contributed by atoms with Gasteiger partial charge in [-0.2, -0.15) is 0 Å². The zero-order chi connectivity index (χ0) is 9.84. The Labute approximate surface area is 79.9 Å². The third-order valence-electron chi connectivity index (χ3n) is 1.29. The van der Waals surface area contributed by atoms with Gasteiger partial charge in [-0.05, 0) is 12.1 Å². The molecular formula is C8H7ClN2O2. The minimum Gasteiger partial charge on any atom is -0.304 e. The number of nitrogens with zero attached hydrogens (tertiary/aromatic N) is 1. The highest BCUT2D eigenvalue weighted by atomic mass is 35.5. The number of amides is 1. The zero-order valence-corrected chi connectivity index (χ0v) is 7.63. The molecule has 1 N–H and O–H groups in total. The summed E-state index contributed by atoms with van der Waals surface area (Å²) in [5, 5.41) is 2.78. The van der Waals surface area contributed by atoms with Gasteiger partial charge in [-0.1, -0.05) is 11.6 Å². The van der Waals surface area contributed by atoms with Crippen LogP contribution in [0.4, 0.5) is 5.82 Å². The number of rotatable bonds is 2. The molecule has 1 aromatic rings. The minimum atomic E-state index is -0.685. The lowest BCUT2D eigenvalue weighted by atomic mass is 10.4.